The predicted octanol–water partition coefficient (Wildman–Crippen LogP) is 4.49. The Labute approximate surface area is 147 Å². The molecule has 0 aromatic carbocycles. The highest BCUT2D eigenvalue weighted by Crippen LogP contribution is 2.12. The summed E-state index contributed by atoms with van der Waals surface area (Å²) in [7, 11) is 0. The molecule has 5 heteroatoms. The molecule has 0 heterocycles. The van der Waals surface area contributed by atoms with Crippen LogP contribution in [-0.4, -0.2) is 30.2 Å². The summed E-state index contributed by atoms with van der Waals surface area (Å²) in [5.41, 5.74) is 0. The SMILES string of the molecule is CCCCCCCCCCCCC/C=C/[C@H](N=O)C(CO)NC=O. The minimum absolute atomic E-state index is 0.294. The second kappa shape index (κ2) is 18.1. The van der Waals surface area contributed by atoms with Crippen LogP contribution in [0.5, 0.6) is 0 Å². The fourth-order valence-electron chi connectivity index (χ4n) is 2.75. The molecule has 0 aliphatic carbocycles. The van der Waals surface area contributed by atoms with E-state index in [9.17, 15) is 9.70 Å². The average Bonchev–Trinajstić information content (AvgIpc) is 2.60. The van der Waals surface area contributed by atoms with Crippen molar-refractivity contribution in [2.45, 2.75) is 96.1 Å². The number of nitrogens with zero attached hydrogens (tertiary/aromatic N) is 1. The molecule has 140 valence electrons. The zero-order chi connectivity index (χ0) is 17.9. The van der Waals surface area contributed by atoms with E-state index in [-0.39, 0.29) is 6.61 Å². The maximum atomic E-state index is 10.8. The van der Waals surface area contributed by atoms with Gasteiger partial charge >= 0.3 is 0 Å². The van der Waals surface area contributed by atoms with Crippen LogP contribution in [0.15, 0.2) is 17.3 Å². The Morgan fingerprint density at radius 2 is 1.50 bits per heavy atom. The largest absolute Gasteiger partial charge is 0.394 e. The number of amides is 1. The maximum absolute atomic E-state index is 10.8. The quantitative estimate of drug-likeness (QED) is 0.167. The minimum Gasteiger partial charge on any atom is -0.394 e. The molecule has 0 saturated carbocycles. The average molecular weight is 341 g/mol. The van der Waals surface area contributed by atoms with E-state index in [2.05, 4.69) is 17.4 Å². The van der Waals surface area contributed by atoms with Gasteiger partial charge in [0.25, 0.3) is 0 Å². The smallest absolute Gasteiger partial charge is 0.207 e. The molecule has 0 bridgehead atoms. The van der Waals surface area contributed by atoms with E-state index < -0.39 is 12.1 Å². The molecule has 1 amide bonds. The molecule has 0 aliphatic heterocycles. The minimum atomic E-state index is -0.701. The lowest BCUT2D eigenvalue weighted by molar-refractivity contribution is -0.110. The van der Waals surface area contributed by atoms with Gasteiger partial charge in [0.1, 0.15) is 6.04 Å². The Hall–Kier alpha value is -1.23. The number of rotatable bonds is 18. The normalized spacial score (nSPS) is 13.8. The Kier molecular flexibility index (Phi) is 17.2. The first-order valence-corrected chi connectivity index (χ1v) is 9.59. The van der Waals surface area contributed by atoms with E-state index in [1.807, 2.05) is 6.08 Å². The summed E-state index contributed by atoms with van der Waals surface area (Å²) >= 11 is 0. The van der Waals surface area contributed by atoms with Gasteiger partial charge in [-0.3, -0.25) is 4.79 Å². The van der Waals surface area contributed by atoms with Gasteiger partial charge in [-0.2, -0.15) is 4.91 Å². The van der Waals surface area contributed by atoms with Crippen LogP contribution in [0.4, 0.5) is 0 Å². The predicted molar refractivity (Wildman–Crippen MR) is 99.9 cm³/mol. The standard InChI is InChI=1S/C19H36N2O3/c1-2-3-4-5-6-7-8-9-10-11-12-13-14-15-18(21-24)19(16-22)20-17-23/h14-15,17-19,22H,2-13,16H2,1H3,(H,20,23)/b15-14+/t18-,19?/m0/s1. The third kappa shape index (κ3) is 13.2. The molecule has 0 saturated heterocycles. The molecule has 2 atom stereocenters. The third-order valence-electron chi connectivity index (χ3n) is 4.32. The van der Waals surface area contributed by atoms with Crippen LogP contribution in [0.3, 0.4) is 0 Å². The molecule has 0 aromatic heterocycles. The zero-order valence-corrected chi connectivity index (χ0v) is 15.3. The number of carbonyl (C=O) groups excluding carboxylic acids is 1. The Morgan fingerprint density at radius 3 is 1.96 bits per heavy atom. The summed E-state index contributed by atoms with van der Waals surface area (Å²) < 4.78 is 0. The van der Waals surface area contributed by atoms with Gasteiger partial charge in [-0.15, -0.1) is 0 Å². The molecule has 0 fully saturated rings. The van der Waals surface area contributed by atoms with Crippen molar-refractivity contribution in [1.29, 1.82) is 0 Å². The number of nitroso groups, excluding NO2 is 1. The number of hydrogen-bond donors (Lipinski definition) is 2. The van der Waals surface area contributed by atoms with E-state index >= 15 is 0 Å². The number of allylic oxidation sites excluding steroid dienone is 1. The van der Waals surface area contributed by atoms with Crippen molar-refractivity contribution in [3.05, 3.63) is 17.1 Å². The zero-order valence-electron chi connectivity index (χ0n) is 15.3. The lowest BCUT2D eigenvalue weighted by Crippen LogP contribution is -2.40. The summed E-state index contributed by atoms with van der Waals surface area (Å²) in [6, 6.07) is -1.33. The Bertz CT molecular complexity index is 322. The van der Waals surface area contributed by atoms with Gasteiger partial charge in [0.2, 0.25) is 6.41 Å². The van der Waals surface area contributed by atoms with E-state index in [0.717, 1.165) is 12.8 Å². The second-order valence-corrected chi connectivity index (χ2v) is 6.42. The number of hydrogen-bond acceptors (Lipinski definition) is 4. The molecule has 5 nitrogen and oxygen atoms in total. The van der Waals surface area contributed by atoms with E-state index in [0.29, 0.717) is 6.41 Å². The van der Waals surface area contributed by atoms with Gasteiger partial charge < -0.3 is 10.4 Å². The number of aliphatic hydroxyl groups is 1. The van der Waals surface area contributed by atoms with Crippen molar-refractivity contribution in [2.75, 3.05) is 6.61 Å². The van der Waals surface area contributed by atoms with Crippen molar-refractivity contribution in [3.63, 3.8) is 0 Å². The molecule has 1 unspecified atom stereocenters. The highest BCUT2D eigenvalue weighted by Gasteiger charge is 2.17. The molecule has 0 aliphatic rings. The van der Waals surface area contributed by atoms with Crippen LogP contribution in [-0.2, 0) is 4.79 Å². The number of aliphatic hydroxyl groups excluding tert-OH is 1. The van der Waals surface area contributed by atoms with Crippen LogP contribution < -0.4 is 5.32 Å². The first-order valence-electron chi connectivity index (χ1n) is 9.59. The molecular formula is C19H36N2O3. The third-order valence-corrected chi connectivity index (χ3v) is 4.32. The summed E-state index contributed by atoms with van der Waals surface area (Å²) in [5, 5.41) is 14.5. The molecule has 24 heavy (non-hydrogen) atoms. The summed E-state index contributed by atoms with van der Waals surface area (Å²) in [4.78, 5) is 21.2. The first kappa shape index (κ1) is 22.8. The highest BCUT2D eigenvalue weighted by molar-refractivity contribution is 5.47. The fraction of sp³-hybridized carbons (Fsp3) is 0.842. The molecule has 0 rings (SSSR count). The summed E-state index contributed by atoms with van der Waals surface area (Å²) in [5.74, 6) is 0. The number of carbonyl (C=O) groups is 1. The van der Waals surface area contributed by atoms with Crippen molar-refractivity contribution < 1.29 is 9.90 Å². The number of nitrogens with one attached hydrogen (secondary N) is 1. The van der Waals surface area contributed by atoms with Gasteiger partial charge in [-0.1, -0.05) is 88.5 Å². The highest BCUT2D eigenvalue weighted by atomic mass is 16.3. The summed E-state index contributed by atoms with van der Waals surface area (Å²) in [6.07, 6.45) is 19.4. The van der Waals surface area contributed by atoms with Crippen LogP contribution >= 0.6 is 0 Å². The van der Waals surface area contributed by atoms with Gasteiger partial charge in [0, 0.05) is 0 Å². The van der Waals surface area contributed by atoms with Crippen molar-refractivity contribution in [2.24, 2.45) is 5.18 Å². The van der Waals surface area contributed by atoms with Gasteiger partial charge in [-0.05, 0) is 12.8 Å². The van der Waals surface area contributed by atoms with Crippen LogP contribution in [0, 0.1) is 4.91 Å². The van der Waals surface area contributed by atoms with Crippen LogP contribution in [0.1, 0.15) is 84.0 Å². The van der Waals surface area contributed by atoms with E-state index in [1.54, 1.807) is 6.08 Å². The lowest BCUT2D eigenvalue weighted by atomic mass is 10.0. The second-order valence-electron chi connectivity index (χ2n) is 6.42. The van der Waals surface area contributed by atoms with Crippen molar-refractivity contribution in [3.8, 4) is 0 Å². The van der Waals surface area contributed by atoms with Gasteiger partial charge in [0.15, 0.2) is 0 Å². The number of unbranched alkanes of at least 4 members (excludes halogenated alkanes) is 11. The van der Waals surface area contributed by atoms with E-state index in [4.69, 9.17) is 5.11 Å². The van der Waals surface area contributed by atoms with Gasteiger partial charge in [-0.25, -0.2) is 0 Å². The van der Waals surface area contributed by atoms with Crippen LogP contribution in [0.2, 0.25) is 0 Å². The molecule has 0 aromatic rings. The van der Waals surface area contributed by atoms with Crippen molar-refractivity contribution >= 4 is 6.41 Å². The molecule has 2 N–H and O–H groups in total. The monoisotopic (exact) mass is 340 g/mol. The van der Waals surface area contributed by atoms with Gasteiger partial charge in [0.05, 0.1) is 12.6 Å². The lowest BCUT2D eigenvalue weighted by Gasteiger charge is -2.15. The maximum Gasteiger partial charge on any atom is 0.207 e. The molecule has 0 spiro atoms. The Balaban J connectivity index is 3.53. The Morgan fingerprint density at radius 1 is 0.958 bits per heavy atom. The van der Waals surface area contributed by atoms with E-state index in [1.165, 1.54) is 64.2 Å². The van der Waals surface area contributed by atoms with Crippen LogP contribution in [0.25, 0.3) is 0 Å². The molecule has 0 radical (unpaired) electrons. The summed E-state index contributed by atoms with van der Waals surface area (Å²) in [6.45, 7) is 1.95. The fourth-order valence-corrected chi connectivity index (χ4v) is 2.75. The van der Waals surface area contributed by atoms with Crippen molar-refractivity contribution in [1.82, 2.24) is 5.32 Å². The topological polar surface area (TPSA) is 78.8 Å². The first-order chi connectivity index (χ1) is 11.8. The molecular weight excluding hydrogens is 304 g/mol.